The minimum atomic E-state index is -0.198. The molecule has 0 saturated heterocycles. The highest BCUT2D eigenvalue weighted by Crippen LogP contribution is 2.45. The molecule has 19 heavy (non-hydrogen) atoms. The Kier molecular flexibility index (Phi) is 3.65. The molecule has 1 fully saturated rings. The predicted molar refractivity (Wildman–Crippen MR) is 80.8 cm³/mol. The first-order valence-corrected chi connectivity index (χ1v) is 7.27. The molecule has 0 radical (unpaired) electrons. The summed E-state index contributed by atoms with van der Waals surface area (Å²) in [7, 11) is 1.77. The van der Waals surface area contributed by atoms with Gasteiger partial charge < -0.3 is 10.5 Å². The highest BCUT2D eigenvalue weighted by Gasteiger charge is 2.37. The fraction of sp³-hybridized carbons (Fsp3) is 0.647. The van der Waals surface area contributed by atoms with Crippen LogP contribution < -0.4 is 10.5 Å². The maximum atomic E-state index is 6.69. The quantitative estimate of drug-likeness (QED) is 0.872. The normalized spacial score (nSPS) is 18.6. The van der Waals surface area contributed by atoms with Crippen LogP contribution in [0.25, 0.3) is 0 Å². The SMILES string of the molecule is COc1c(C(C)(C)C)ccc(C)c1C1(N)CCCC1. The molecule has 0 unspecified atom stereocenters. The zero-order valence-corrected chi connectivity index (χ0v) is 13.0. The molecule has 1 saturated carbocycles. The molecule has 0 aromatic heterocycles. The zero-order chi connectivity index (χ0) is 14.3. The monoisotopic (exact) mass is 261 g/mol. The minimum Gasteiger partial charge on any atom is -0.496 e. The molecule has 2 nitrogen and oxygen atoms in total. The summed E-state index contributed by atoms with van der Waals surface area (Å²) in [5.74, 6) is 1.01. The van der Waals surface area contributed by atoms with E-state index >= 15 is 0 Å². The minimum absolute atomic E-state index is 0.0722. The number of rotatable bonds is 2. The number of nitrogens with two attached hydrogens (primary N) is 1. The van der Waals surface area contributed by atoms with Crippen LogP contribution in [-0.4, -0.2) is 7.11 Å². The Balaban J connectivity index is 2.65. The highest BCUT2D eigenvalue weighted by atomic mass is 16.5. The molecule has 2 heteroatoms. The number of hydrogen-bond acceptors (Lipinski definition) is 2. The van der Waals surface area contributed by atoms with Crippen LogP contribution >= 0.6 is 0 Å². The predicted octanol–water partition coefficient (Wildman–Crippen LogP) is 4.03. The summed E-state index contributed by atoms with van der Waals surface area (Å²) in [4.78, 5) is 0. The van der Waals surface area contributed by atoms with Gasteiger partial charge in [-0.25, -0.2) is 0 Å². The lowest BCUT2D eigenvalue weighted by Gasteiger charge is -2.32. The topological polar surface area (TPSA) is 35.2 Å². The van der Waals surface area contributed by atoms with Crippen LogP contribution in [0.1, 0.15) is 63.1 Å². The molecule has 0 atom stereocenters. The zero-order valence-electron chi connectivity index (χ0n) is 13.0. The van der Waals surface area contributed by atoms with Crippen molar-refractivity contribution in [3.8, 4) is 5.75 Å². The van der Waals surface area contributed by atoms with Crippen molar-refractivity contribution in [3.63, 3.8) is 0 Å². The lowest BCUT2D eigenvalue weighted by Crippen LogP contribution is -2.35. The van der Waals surface area contributed by atoms with Gasteiger partial charge in [0.25, 0.3) is 0 Å². The van der Waals surface area contributed by atoms with Gasteiger partial charge in [-0.3, -0.25) is 0 Å². The fourth-order valence-corrected chi connectivity index (χ4v) is 3.36. The van der Waals surface area contributed by atoms with E-state index in [-0.39, 0.29) is 11.0 Å². The van der Waals surface area contributed by atoms with E-state index in [0.29, 0.717) is 0 Å². The van der Waals surface area contributed by atoms with Gasteiger partial charge in [-0.2, -0.15) is 0 Å². The average molecular weight is 261 g/mol. The van der Waals surface area contributed by atoms with Crippen LogP contribution in [-0.2, 0) is 11.0 Å². The molecular formula is C17H27NO. The van der Waals surface area contributed by atoms with Gasteiger partial charge in [0.1, 0.15) is 5.75 Å². The summed E-state index contributed by atoms with van der Waals surface area (Å²) in [6.45, 7) is 8.82. The summed E-state index contributed by atoms with van der Waals surface area (Å²) in [6, 6.07) is 4.39. The first-order valence-electron chi connectivity index (χ1n) is 7.27. The summed E-state index contributed by atoms with van der Waals surface area (Å²) < 4.78 is 5.78. The van der Waals surface area contributed by atoms with Crippen molar-refractivity contribution in [3.05, 3.63) is 28.8 Å². The van der Waals surface area contributed by atoms with Crippen molar-refractivity contribution in [1.29, 1.82) is 0 Å². The van der Waals surface area contributed by atoms with Crippen LogP contribution in [0.5, 0.6) is 5.75 Å². The van der Waals surface area contributed by atoms with Gasteiger partial charge in [-0.15, -0.1) is 0 Å². The second-order valence-corrected chi connectivity index (χ2v) is 6.95. The van der Waals surface area contributed by atoms with Gasteiger partial charge >= 0.3 is 0 Å². The Labute approximate surface area is 117 Å². The van der Waals surface area contributed by atoms with Gasteiger partial charge in [-0.05, 0) is 36.3 Å². The Bertz CT molecular complexity index is 465. The molecule has 0 aliphatic heterocycles. The molecule has 2 N–H and O–H groups in total. The first kappa shape index (κ1) is 14.4. The molecule has 106 valence electrons. The van der Waals surface area contributed by atoms with Gasteiger partial charge in [0.15, 0.2) is 0 Å². The van der Waals surface area contributed by atoms with Crippen LogP contribution in [0.4, 0.5) is 0 Å². The highest BCUT2D eigenvalue weighted by molar-refractivity contribution is 5.52. The molecule has 0 amide bonds. The number of aryl methyl sites for hydroxylation is 1. The number of methoxy groups -OCH3 is 1. The van der Waals surface area contributed by atoms with Crippen molar-refractivity contribution in [2.45, 2.75) is 64.3 Å². The van der Waals surface area contributed by atoms with E-state index in [1.54, 1.807) is 7.11 Å². The number of ether oxygens (including phenoxy) is 1. The summed E-state index contributed by atoms with van der Waals surface area (Å²) >= 11 is 0. The van der Waals surface area contributed by atoms with E-state index in [2.05, 4.69) is 39.8 Å². The van der Waals surface area contributed by atoms with E-state index in [9.17, 15) is 0 Å². The molecule has 2 rings (SSSR count). The molecular weight excluding hydrogens is 234 g/mol. The van der Waals surface area contributed by atoms with Gasteiger partial charge in [0.2, 0.25) is 0 Å². The summed E-state index contributed by atoms with van der Waals surface area (Å²) in [5.41, 5.74) is 10.3. The van der Waals surface area contributed by atoms with E-state index in [1.807, 2.05) is 0 Å². The maximum absolute atomic E-state index is 6.69. The second-order valence-electron chi connectivity index (χ2n) is 6.95. The van der Waals surface area contributed by atoms with Crippen LogP contribution in [0.15, 0.2) is 12.1 Å². The largest absolute Gasteiger partial charge is 0.496 e. The van der Waals surface area contributed by atoms with E-state index in [1.165, 1.54) is 29.5 Å². The Morgan fingerprint density at radius 1 is 1.16 bits per heavy atom. The second kappa shape index (κ2) is 4.82. The Morgan fingerprint density at radius 2 is 1.74 bits per heavy atom. The molecule has 1 aliphatic carbocycles. The van der Waals surface area contributed by atoms with Gasteiger partial charge in [0, 0.05) is 11.1 Å². The standard InChI is InChI=1S/C17H27NO/c1-12-8-9-13(16(2,3)4)15(19-5)14(12)17(18)10-6-7-11-17/h8-9H,6-7,10-11,18H2,1-5H3. The third-order valence-corrected chi connectivity index (χ3v) is 4.37. The average Bonchev–Trinajstić information content (AvgIpc) is 2.74. The van der Waals surface area contributed by atoms with E-state index < -0.39 is 0 Å². The van der Waals surface area contributed by atoms with Crippen molar-refractivity contribution >= 4 is 0 Å². The summed E-state index contributed by atoms with van der Waals surface area (Å²) in [6.07, 6.45) is 4.58. The van der Waals surface area contributed by atoms with E-state index in [4.69, 9.17) is 10.5 Å². The van der Waals surface area contributed by atoms with Crippen molar-refractivity contribution in [2.24, 2.45) is 5.73 Å². The van der Waals surface area contributed by atoms with Gasteiger partial charge in [0.05, 0.1) is 7.11 Å². The lowest BCUT2D eigenvalue weighted by molar-refractivity contribution is 0.365. The number of hydrogen-bond donors (Lipinski definition) is 1. The fourth-order valence-electron chi connectivity index (χ4n) is 3.36. The molecule has 0 spiro atoms. The summed E-state index contributed by atoms with van der Waals surface area (Å²) in [5, 5.41) is 0. The molecule has 1 aromatic rings. The third kappa shape index (κ3) is 2.51. The van der Waals surface area contributed by atoms with Gasteiger partial charge in [-0.1, -0.05) is 45.7 Å². The van der Waals surface area contributed by atoms with Crippen molar-refractivity contribution < 1.29 is 4.74 Å². The molecule has 0 bridgehead atoms. The van der Waals surface area contributed by atoms with Crippen molar-refractivity contribution in [2.75, 3.05) is 7.11 Å². The Morgan fingerprint density at radius 3 is 2.21 bits per heavy atom. The smallest absolute Gasteiger partial charge is 0.127 e. The van der Waals surface area contributed by atoms with Crippen LogP contribution in [0.3, 0.4) is 0 Å². The molecule has 0 heterocycles. The number of benzene rings is 1. The maximum Gasteiger partial charge on any atom is 0.127 e. The van der Waals surface area contributed by atoms with Crippen molar-refractivity contribution in [1.82, 2.24) is 0 Å². The lowest BCUT2D eigenvalue weighted by atomic mass is 9.78. The molecule has 1 aromatic carbocycles. The Hall–Kier alpha value is -1.02. The molecule has 1 aliphatic rings. The third-order valence-electron chi connectivity index (χ3n) is 4.37. The van der Waals surface area contributed by atoms with Crippen LogP contribution in [0.2, 0.25) is 0 Å². The first-order chi connectivity index (χ1) is 8.79. The van der Waals surface area contributed by atoms with E-state index in [0.717, 1.165) is 18.6 Å². The van der Waals surface area contributed by atoms with Crippen LogP contribution in [0, 0.1) is 6.92 Å².